The van der Waals surface area contributed by atoms with E-state index in [4.69, 9.17) is 9.47 Å². The van der Waals surface area contributed by atoms with Gasteiger partial charge in [0.25, 0.3) is 0 Å². The first-order valence-corrected chi connectivity index (χ1v) is 7.17. The van der Waals surface area contributed by atoms with Crippen LogP contribution in [0.3, 0.4) is 0 Å². The van der Waals surface area contributed by atoms with Crippen LogP contribution in [0, 0.1) is 5.92 Å². The maximum Gasteiger partial charge on any atom is 0.338 e. The third kappa shape index (κ3) is 3.53. The molecule has 1 fully saturated rings. The maximum absolute atomic E-state index is 12.0. The van der Waals surface area contributed by atoms with Crippen molar-refractivity contribution in [2.24, 2.45) is 5.92 Å². The Kier molecular flexibility index (Phi) is 4.82. The van der Waals surface area contributed by atoms with Crippen LogP contribution in [0.5, 0.6) is 0 Å². The van der Waals surface area contributed by atoms with Gasteiger partial charge in [0.15, 0.2) is 0 Å². The van der Waals surface area contributed by atoms with Crippen molar-refractivity contribution in [3.05, 3.63) is 11.3 Å². The molecule has 0 aromatic rings. The fourth-order valence-corrected chi connectivity index (χ4v) is 2.30. The molecule has 1 aliphatic carbocycles. The number of ether oxygens (including phenoxy) is 2. The highest BCUT2D eigenvalue weighted by Crippen LogP contribution is 2.27. The maximum atomic E-state index is 12.0. The van der Waals surface area contributed by atoms with Crippen molar-refractivity contribution in [1.29, 1.82) is 0 Å². The Labute approximate surface area is 123 Å². The summed E-state index contributed by atoms with van der Waals surface area (Å²) in [5, 5.41) is 5.10. The smallest absolute Gasteiger partial charge is 0.338 e. The first kappa shape index (κ1) is 15.3. The molecule has 2 aliphatic rings. The van der Waals surface area contributed by atoms with Crippen LogP contribution in [0.25, 0.3) is 0 Å². The molecule has 0 unspecified atom stereocenters. The molecule has 7 heteroatoms. The molecule has 116 valence electrons. The van der Waals surface area contributed by atoms with E-state index >= 15 is 0 Å². The highest BCUT2D eigenvalue weighted by Gasteiger charge is 2.31. The third-order valence-electron chi connectivity index (χ3n) is 3.66. The summed E-state index contributed by atoms with van der Waals surface area (Å²) in [7, 11) is 0. The predicted molar refractivity (Wildman–Crippen MR) is 73.1 cm³/mol. The van der Waals surface area contributed by atoms with Crippen LogP contribution >= 0.6 is 0 Å². The molecule has 0 aromatic carbocycles. The molecule has 0 saturated heterocycles. The van der Waals surface area contributed by atoms with Crippen molar-refractivity contribution in [3.63, 3.8) is 0 Å². The molecule has 21 heavy (non-hydrogen) atoms. The minimum absolute atomic E-state index is 0.0496. The fourth-order valence-electron chi connectivity index (χ4n) is 2.30. The lowest BCUT2D eigenvalue weighted by Crippen LogP contribution is -2.50. The number of rotatable bonds is 5. The number of carbonyl (C=O) groups excluding carboxylic acids is 3. The standard InChI is InChI=1S/C14H20N2O5/c1-3-20-13(18)11-8(2)15-14(19)16-10(11)7-21-12(17)9-5-4-6-9/h8-9H,3-7H2,1-2H3,(H2,15,16,19)/t8-/m1/s1. The van der Waals surface area contributed by atoms with E-state index in [-0.39, 0.29) is 36.4 Å². The second-order valence-electron chi connectivity index (χ2n) is 5.17. The number of hydrogen-bond acceptors (Lipinski definition) is 5. The van der Waals surface area contributed by atoms with Crippen LogP contribution in [0.15, 0.2) is 11.3 Å². The molecule has 7 nitrogen and oxygen atoms in total. The number of amides is 2. The summed E-state index contributed by atoms with van der Waals surface area (Å²) in [6.07, 6.45) is 2.72. The molecule has 1 heterocycles. The summed E-state index contributed by atoms with van der Waals surface area (Å²) in [6.45, 7) is 3.49. The van der Waals surface area contributed by atoms with Crippen LogP contribution in [-0.4, -0.2) is 37.2 Å². The highest BCUT2D eigenvalue weighted by atomic mass is 16.5. The van der Waals surface area contributed by atoms with Gasteiger partial charge in [0.1, 0.15) is 6.61 Å². The van der Waals surface area contributed by atoms with Crippen LogP contribution in [-0.2, 0) is 19.1 Å². The monoisotopic (exact) mass is 296 g/mol. The van der Waals surface area contributed by atoms with Crippen molar-refractivity contribution in [2.75, 3.05) is 13.2 Å². The van der Waals surface area contributed by atoms with Gasteiger partial charge in [-0.05, 0) is 26.7 Å². The zero-order valence-electron chi connectivity index (χ0n) is 12.2. The van der Waals surface area contributed by atoms with E-state index in [0.717, 1.165) is 19.3 Å². The largest absolute Gasteiger partial charge is 0.463 e. The Hall–Kier alpha value is -2.05. The van der Waals surface area contributed by atoms with Gasteiger partial charge in [0.05, 0.1) is 29.8 Å². The van der Waals surface area contributed by atoms with Crippen LogP contribution in [0.1, 0.15) is 33.1 Å². The van der Waals surface area contributed by atoms with Gasteiger partial charge in [0, 0.05) is 0 Å². The molecule has 0 bridgehead atoms. The number of nitrogens with one attached hydrogen (secondary N) is 2. The first-order chi connectivity index (χ1) is 10.0. The van der Waals surface area contributed by atoms with Gasteiger partial charge < -0.3 is 20.1 Å². The molecular weight excluding hydrogens is 276 g/mol. The SMILES string of the molecule is CCOC(=O)C1=C(COC(=O)C2CCC2)NC(=O)N[C@@H]1C. The summed E-state index contributed by atoms with van der Waals surface area (Å²) in [5.41, 5.74) is 0.579. The molecule has 0 aromatic heterocycles. The fraction of sp³-hybridized carbons (Fsp3) is 0.643. The summed E-state index contributed by atoms with van der Waals surface area (Å²) >= 11 is 0. The van der Waals surface area contributed by atoms with Crippen molar-refractivity contribution >= 4 is 18.0 Å². The quantitative estimate of drug-likeness (QED) is 0.733. The number of hydrogen-bond donors (Lipinski definition) is 2. The number of esters is 2. The summed E-state index contributed by atoms with van der Waals surface area (Å²) in [4.78, 5) is 35.2. The van der Waals surface area contributed by atoms with Crippen LogP contribution < -0.4 is 10.6 Å². The predicted octanol–water partition coefficient (Wildman–Crippen LogP) is 0.848. The van der Waals surface area contributed by atoms with Gasteiger partial charge >= 0.3 is 18.0 Å². The minimum atomic E-state index is -0.521. The Morgan fingerprint density at radius 3 is 2.57 bits per heavy atom. The van der Waals surface area contributed by atoms with E-state index in [2.05, 4.69) is 10.6 Å². The molecule has 1 aliphatic heterocycles. The lowest BCUT2D eigenvalue weighted by molar-refractivity contribution is -0.150. The van der Waals surface area contributed by atoms with Crippen LogP contribution in [0.2, 0.25) is 0 Å². The molecular formula is C14H20N2O5. The topological polar surface area (TPSA) is 93.7 Å². The van der Waals surface area contributed by atoms with Crippen molar-refractivity contribution in [1.82, 2.24) is 10.6 Å². The number of carbonyl (C=O) groups is 3. The van der Waals surface area contributed by atoms with E-state index in [1.54, 1.807) is 13.8 Å². The Morgan fingerprint density at radius 2 is 2.00 bits per heavy atom. The van der Waals surface area contributed by atoms with Crippen molar-refractivity contribution in [3.8, 4) is 0 Å². The lowest BCUT2D eigenvalue weighted by atomic mass is 9.86. The minimum Gasteiger partial charge on any atom is -0.463 e. The van der Waals surface area contributed by atoms with Gasteiger partial charge in [-0.3, -0.25) is 4.79 Å². The normalized spacial score (nSPS) is 22.0. The second kappa shape index (κ2) is 6.60. The summed E-state index contributed by atoms with van der Waals surface area (Å²) in [6, 6.07) is -0.916. The molecule has 0 spiro atoms. The van der Waals surface area contributed by atoms with Gasteiger partial charge in [-0.15, -0.1) is 0 Å². The van der Waals surface area contributed by atoms with Gasteiger partial charge in [-0.1, -0.05) is 6.42 Å². The molecule has 2 amide bonds. The van der Waals surface area contributed by atoms with E-state index < -0.39 is 18.0 Å². The van der Waals surface area contributed by atoms with Crippen molar-refractivity contribution < 1.29 is 23.9 Å². The average Bonchev–Trinajstić information content (AvgIpc) is 2.33. The molecule has 2 rings (SSSR count). The van der Waals surface area contributed by atoms with Gasteiger partial charge in [-0.25, -0.2) is 9.59 Å². The van der Waals surface area contributed by atoms with Crippen LogP contribution in [0.4, 0.5) is 4.79 Å². The first-order valence-electron chi connectivity index (χ1n) is 7.17. The summed E-state index contributed by atoms with van der Waals surface area (Å²) in [5.74, 6) is -0.851. The van der Waals surface area contributed by atoms with E-state index in [0.29, 0.717) is 0 Å². The Balaban J connectivity index is 2.08. The van der Waals surface area contributed by atoms with Gasteiger partial charge in [0.2, 0.25) is 0 Å². The second-order valence-corrected chi connectivity index (χ2v) is 5.17. The number of urea groups is 1. The zero-order valence-corrected chi connectivity index (χ0v) is 12.2. The average molecular weight is 296 g/mol. The molecule has 1 atom stereocenters. The van der Waals surface area contributed by atoms with Crippen molar-refractivity contribution in [2.45, 2.75) is 39.2 Å². The third-order valence-corrected chi connectivity index (χ3v) is 3.66. The summed E-state index contributed by atoms with van der Waals surface area (Å²) < 4.78 is 10.2. The molecule has 2 N–H and O–H groups in total. The highest BCUT2D eigenvalue weighted by molar-refractivity contribution is 5.94. The Morgan fingerprint density at radius 1 is 1.29 bits per heavy atom. The van der Waals surface area contributed by atoms with E-state index in [9.17, 15) is 14.4 Å². The lowest BCUT2D eigenvalue weighted by Gasteiger charge is -2.27. The molecule has 1 saturated carbocycles. The molecule has 0 radical (unpaired) electrons. The van der Waals surface area contributed by atoms with Gasteiger partial charge in [-0.2, -0.15) is 0 Å². The zero-order chi connectivity index (χ0) is 15.4. The van der Waals surface area contributed by atoms with E-state index in [1.165, 1.54) is 0 Å². The Bertz CT molecular complexity index is 482. The van der Waals surface area contributed by atoms with E-state index in [1.807, 2.05) is 0 Å².